The Bertz CT molecular complexity index is 2270. The minimum absolute atomic E-state index is 0.247. The number of urea groups is 2. The predicted octanol–water partition coefficient (Wildman–Crippen LogP) is 6.64. The van der Waals surface area contributed by atoms with Crippen molar-refractivity contribution in [2.45, 2.75) is 53.4 Å². The highest BCUT2D eigenvalue weighted by Gasteiger charge is 2.27. The number of anilines is 4. The second-order valence-corrected chi connectivity index (χ2v) is 14.5. The van der Waals surface area contributed by atoms with Gasteiger partial charge in [-0.15, -0.1) is 22.7 Å². The molecule has 264 valence electrons. The first kappa shape index (κ1) is 34.4. The van der Waals surface area contributed by atoms with E-state index in [1.165, 1.54) is 4.88 Å². The Labute approximate surface area is 308 Å². The summed E-state index contributed by atoms with van der Waals surface area (Å²) >= 11 is 3.24. The summed E-state index contributed by atoms with van der Waals surface area (Å²) in [5.41, 5.74) is 18.2. The number of thiophene rings is 2. The summed E-state index contributed by atoms with van der Waals surface area (Å²) in [6.45, 7) is 7.77. The summed E-state index contributed by atoms with van der Waals surface area (Å²) in [6, 6.07) is 14.7. The minimum Gasteiger partial charge on any atom is -0.396 e. The summed E-state index contributed by atoms with van der Waals surface area (Å²) in [4.78, 5) is 58.3. The van der Waals surface area contributed by atoms with Crippen LogP contribution in [0.3, 0.4) is 0 Å². The van der Waals surface area contributed by atoms with E-state index in [-0.39, 0.29) is 12.1 Å². The molecule has 0 saturated heterocycles. The zero-order valence-corrected chi connectivity index (χ0v) is 30.4. The normalized spacial score (nSPS) is 12.9. The van der Waals surface area contributed by atoms with Gasteiger partial charge in [0, 0.05) is 34.8 Å². The van der Waals surface area contributed by atoms with Crippen molar-refractivity contribution in [3.63, 3.8) is 0 Å². The Morgan fingerprint density at radius 2 is 1.33 bits per heavy atom. The van der Waals surface area contributed by atoms with Crippen LogP contribution < -0.4 is 22.1 Å². The quantitative estimate of drug-likeness (QED) is 0.149. The number of aromatic nitrogens is 6. The van der Waals surface area contributed by atoms with Crippen LogP contribution in [0.5, 0.6) is 0 Å². The lowest BCUT2D eigenvalue weighted by molar-refractivity contribution is 0.211. The van der Waals surface area contributed by atoms with Crippen LogP contribution in [0.25, 0.3) is 21.1 Å². The summed E-state index contributed by atoms with van der Waals surface area (Å²) in [7, 11) is 0. The molecule has 2 aliphatic rings. The third-order valence-electron chi connectivity index (χ3n) is 8.44. The van der Waals surface area contributed by atoms with Crippen LogP contribution in [-0.2, 0) is 32.6 Å². The fraction of sp³-hybridized carbons (Fsp3) is 0.222. The van der Waals surface area contributed by atoms with E-state index in [2.05, 4.69) is 40.5 Å². The van der Waals surface area contributed by atoms with Gasteiger partial charge in [-0.25, -0.2) is 39.5 Å². The first-order valence-corrected chi connectivity index (χ1v) is 18.2. The Morgan fingerprint density at radius 3 is 1.88 bits per heavy atom. The Hall–Kier alpha value is -6.00. The minimum atomic E-state index is -0.251. The maximum atomic E-state index is 12.7. The van der Waals surface area contributed by atoms with Gasteiger partial charge in [0.05, 0.1) is 70.1 Å². The van der Waals surface area contributed by atoms with Gasteiger partial charge in [-0.2, -0.15) is 0 Å². The molecular weight excluding hydrogens is 697 g/mol. The highest BCUT2D eigenvalue weighted by molar-refractivity contribution is 7.15. The number of nitrogens with zero attached hydrogens (tertiary/aromatic N) is 8. The van der Waals surface area contributed by atoms with Crippen LogP contribution in [0.4, 0.5) is 32.6 Å². The Balaban J connectivity index is 0.000000162. The zero-order chi connectivity index (χ0) is 36.4. The molecule has 8 rings (SSSR count). The molecule has 8 heterocycles. The summed E-state index contributed by atoms with van der Waals surface area (Å²) in [6.07, 6.45) is 4.35. The lowest BCUT2D eigenvalue weighted by atomic mass is 10.2. The second-order valence-electron chi connectivity index (χ2n) is 12.2. The first-order chi connectivity index (χ1) is 25.1. The van der Waals surface area contributed by atoms with Gasteiger partial charge in [-0.05, 0) is 61.7 Å². The van der Waals surface area contributed by atoms with Crippen LogP contribution in [-0.4, -0.2) is 51.8 Å². The van der Waals surface area contributed by atoms with Crippen LogP contribution >= 0.6 is 22.7 Å². The molecule has 4 amide bonds. The molecule has 0 radical (unpaired) electrons. The molecule has 0 spiro atoms. The molecule has 14 nitrogen and oxygen atoms in total. The summed E-state index contributed by atoms with van der Waals surface area (Å²) in [5, 5.41) is 7.64. The molecule has 0 bridgehead atoms. The molecule has 0 unspecified atom stereocenters. The monoisotopic (exact) mass is 732 g/mol. The topological polar surface area (TPSA) is 194 Å². The number of pyridine rings is 2. The van der Waals surface area contributed by atoms with E-state index in [0.717, 1.165) is 55.9 Å². The van der Waals surface area contributed by atoms with Crippen molar-refractivity contribution >= 4 is 57.7 Å². The lowest BCUT2D eigenvalue weighted by Crippen LogP contribution is -2.31. The number of amides is 4. The smallest absolute Gasteiger partial charge is 0.323 e. The van der Waals surface area contributed by atoms with Crippen molar-refractivity contribution in [1.29, 1.82) is 0 Å². The van der Waals surface area contributed by atoms with E-state index in [4.69, 9.17) is 11.5 Å². The first-order valence-electron chi connectivity index (χ1n) is 16.5. The average molecular weight is 733 g/mol. The number of aryl methyl sites for hydroxylation is 3. The SMILES string of the molecule is CCc1ncc2c(n1)CN(C(=O)Nc1nc(-c3cccs3)ccc1N)C2.Cc1ncc2c(n1)CN(C(=O)Nc1nc(-c3ccc(C)s3)ccc1N)C2. The Morgan fingerprint density at radius 1 is 0.731 bits per heavy atom. The molecular formula is C36H36N12O2S2. The number of hydrogen-bond donors (Lipinski definition) is 4. The third kappa shape index (κ3) is 7.52. The third-order valence-corrected chi connectivity index (χ3v) is 10.4. The summed E-state index contributed by atoms with van der Waals surface area (Å²) in [5.74, 6) is 2.24. The molecule has 0 aromatic carbocycles. The number of nitrogens with one attached hydrogen (secondary N) is 2. The van der Waals surface area contributed by atoms with E-state index in [9.17, 15) is 9.59 Å². The van der Waals surface area contributed by atoms with Crippen LogP contribution in [0.15, 0.2) is 66.3 Å². The highest BCUT2D eigenvalue weighted by Crippen LogP contribution is 2.30. The van der Waals surface area contributed by atoms with Crippen molar-refractivity contribution in [3.8, 4) is 21.1 Å². The molecule has 6 N–H and O–H groups in total. The van der Waals surface area contributed by atoms with Gasteiger partial charge in [-0.1, -0.05) is 13.0 Å². The van der Waals surface area contributed by atoms with Gasteiger partial charge in [-0.3, -0.25) is 10.6 Å². The number of fused-ring (bicyclic) bond motifs is 2. The molecule has 0 fully saturated rings. The lowest BCUT2D eigenvalue weighted by Gasteiger charge is -2.16. The van der Waals surface area contributed by atoms with Gasteiger partial charge in [0.2, 0.25) is 0 Å². The fourth-order valence-electron chi connectivity index (χ4n) is 5.68. The maximum absolute atomic E-state index is 12.7. The van der Waals surface area contributed by atoms with E-state index in [1.54, 1.807) is 57.0 Å². The molecule has 6 aromatic rings. The molecule has 52 heavy (non-hydrogen) atoms. The number of nitrogens with two attached hydrogens (primary N) is 2. The van der Waals surface area contributed by atoms with Gasteiger partial charge in [0.15, 0.2) is 11.6 Å². The second kappa shape index (κ2) is 14.7. The van der Waals surface area contributed by atoms with Crippen molar-refractivity contribution in [3.05, 3.63) is 105 Å². The molecule has 6 aromatic heterocycles. The average Bonchev–Trinajstić information content (AvgIpc) is 3.97. The molecule has 2 aliphatic heterocycles. The number of carbonyl (C=O) groups is 2. The van der Waals surface area contributed by atoms with Crippen LogP contribution in [0.2, 0.25) is 0 Å². The molecule has 16 heteroatoms. The number of nitrogen functional groups attached to an aromatic ring is 2. The van der Waals surface area contributed by atoms with Gasteiger partial charge >= 0.3 is 12.1 Å². The molecule has 0 atom stereocenters. The van der Waals surface area contributed by atoms with E-state index in [0.29, 0.717) is 55.0 Å². The van der Waals surface area contributed by atoms with Gasteiger partial charge < -0.3 is 21.3 Å². The Kier molecular flexibility index (Phi) is 9.73. The largest absolute Gasteiger partial charge is 0.396 e. The van der Waals surface area contributed by atoms with Crippen molar-refractivity contribution in [2.24, 2.45) is 0 Å². The van der Waals surface area contributed by atoms with Crippen molar-refractivity contribution in [1.82, 2.24) is 39.7 Å². The van der Waals surface area contributed by atoms with Crippen molar-refractivity contribution in [2.75, 3.05) is 22.1 Å². The van der Waals surface area contributed by atoms with E-state index >= 15 is 0 Å². The highest BCUT2D eigenvalue weighted by atomic mass is 32.1. The number of hydrogen-bond acceptors (Lipinski definition) is 12. The van der Waals surface area contributed by atoms with Crippen LogP contribution in [0, 0.1) is 13.8 Å². The van der Waals surface area contributed by atoms with Gasteiger partial charge in [0.1, 0.15) is 11.6 Å². The van der Waals surface area contributed by atoms with Crippen LogP contribution in [0.1, 0.15) is 46.0 Å². The predicted molar refractivity (Wildman–Crippen MR) is 203 cm³/mol. The number of carbonyl (C=O) groups excluding carboxylic acids is 2. The summed E-state index contributed by atoms with van der Waals surface area (Å²) < 4.78 is 0. The fourth-order valence-corrected chi connectivity index (χ4v) is 7.21. The van der Waals surface area contributed by atoms with E-state index < -0.39 is 0 Å². The standard InChI is InChI=1S/2C18H18N6OS/c1-10-3-6-16(26-10)14-5-4-13(19)17(22-14)23-18(25)24-8-12-7-20-11(2)21-15(12)9-24;1-2-16-20-8-11-9-24(10-14(11)21-16)18(25)23-17-12(19)5-6-13(22-17)15-4-3-7-26-15/h3-7H,8-9,19H2,1-2H3,(H,22,23,25);3-8H,2,9-10,19H2,1H3,(H,22,23,25). The molecule has 0 saturated carbocycles. The maximum Gasteiger partial charge on any atom is 0.323 e. The van der Waals surface area contributed by atoms with Gasteiger partial charge in [0.25, 0.3) is 0 Å². The van der Waals surface area contributed by atoms with E-state index in [1.807, 2.05) is 62.5 Å². The zero-order valence-electron chi connectivity index (χ0n) is 28.8. The van der Waals surface area contributed by atoms with Crippen molar-refractivity contribution < 1.29 is 9.59 Å². The number of rotatable bonds is 5. The molecule has 0 aliphatic carbocycles.